The van der Waals surface area contributed by atoms with E-state index >= 15 is 0 Å². The summed E-state index contributed by atoms with van der Waals surface area (Å²) >= 11 is 5.40. The molecule has 4 nitrogen and oxygen atoms in total. The minimum atomic E-state index is -5.29. The van der Waals surface area contributed by atoms with Crippen molar-refractivity contribution in [3.63, 3.8) is 0 Å². The number of ether oxygens (including phenoxy) is 1. The fourth-order valence-electron chi connectivity index (χ4n) is 1.31. The second-order valence-electron chi connectivity index (χ2n) is 3.70. The lowest BCUT2D eigenvalue weighted by Crippen LogP contribution is -2.23. The van der Waals surface area contributed by atoms with Crippen LogP contribution in [-0.4, -0.2) is 39.6 Å². The van der Waals surface area contributed by atoms with Crippen LogP contribution in [0, 0.1) is 0 Å². The highest BCUT2D eigenvalue weighted by atomic mass is 35.5. The number of nitrogens with one attached hydrogen (secondary N) is 1. The zero-order valence-corrected chi connectivity index (χ0v) is 11.9. The summed E-state index contributed by atoms with van der Waals surface area (Å²) < 4.78 is 64.3. The highest BCUT2D eigenvalue weighted by Gasteiger charge is 2.46. The summed E-state index contributed by atoms with van der Waals surface area (Å²) in [6.07, 6.45) is 0. The van der Waals surface area contributed by atoms with Crippen LogP contribution in [0.1, 0.15) is 0 Å². The maximum Gasteiger partial charge on any atom is 0.501 e. The highest BCUT2D eigenvalue weighted by Crippen LogP contribution is 2.30. The zero-order valence-electron chi connectivity index (χ0n) is 10.3. The van der Waals surface area contributed by atoms with Gasteiger partial charge < -0.3 is 10.1 Å². The molecule has 0 saturated carbocycles. The van der Waals surface area contributed by atoms with Gasteiger partial charge in [-0.3, -0.25) is 0 Å². The van der Waals surface area contributed by atoms with Crippen molar-refractivity contribution in [3.05, 3.63) is 24.3 Å². The van der Waals surface area contributed by atoms with Crippen LogP contribution in [0.2, 0.25) is 0 Å². The van der Waals surface area contributed by atoms with Gasteiger partial charge in [-0.25, -0.2) is 8.42 Å². The number of benzene rings is 1. The summed E-state index contributed by atoms with van der Waals surface area (Å²) in [5, 5.41) is 2.88. The fourth-order valence-corrected chi connectivity index (χ4v) is 2.18. The summed E-state index contributed by atoms with van der Waals surface area (Å²) in [5.74, 6) is 0.379. The minimum Gasteiger partial charge on any atom is -0.383 e. The standard InChI is InChI=1S/C11H13ClF3NO3S/c12-5-7-19-8-6-16-9-1-3-10(4-2-9)20(17,18)11(13,14)15/h1-4,16H,5-8H2. The van der Waals surface area contributed by atoms with E-state index in [1.807, 2.05) is 0 Å². The van der Waals surface area contributed by atoms with Crippen LogP contribution < -0.4 is 5.32 Å². The van der Waals surface area contributed by atoms with Crippen LogP contribution >= 0.6 is 11.6 Å². The molecule has 0 aliphatic carbocycles. The number of hydrogen-bond donors (Lipinski definition) is 1. The Hall–Kier alpha value is -0.990. The quantitative estimate of drug-likeness (QED) is 0.616. The average molecular weight is 332 g/mol. The van der Waals surface area contributed by atoms with Crippen molar-refractivity contribution in [2.24, 2.45) is 0 Å². The van der Waals surface area contributed by atoms with E-state index in [1.165, 1.54) is 12.1 Å². The molecule has 1 rings (SSSR count). The molecule has 1 aromatic carbocycles. The molecular formula is C11H13ClF3NO3S. The zero-order chi connectivity index (χ0) is 15.2. The van der Waals surface area contributed by atoms with Crippen molar-refractivity contribution < 1.29 is 26.3 Å². The SMILES string of the molecule is O=S(=O)(c1ccc(NCCOCCCl)cc1)C(F)(F)F. The fraction of sp³-hybridized carbons (Fsp3) is 0.455. The van der Waals surface area contributed by atoms with Gasteiger partial charge in [-0.1, -0.05) is 0 Å². The third-order valence-corrected chi connectivity index (χ3v) is 3.92. The molecule has 0 aromatic heterocycles. The van der Waals surface area contributed by atoms with Crippen LogP contribution in [-0.2, 0) is 14.6 Å². The number of hydrogen-bond acceptors (Lipinski definition) is 4. The third-order valence-electron chi connectivity index (χ3n) is 2.27. The van der Waals surface area contributed by atoms with Gasteiger partial charge in [0.25, 0.3) is 9.84 Å². The molecule has 0 fully saturated rings. The van der Waals surface area contributed by atoms with Gasteiger partial charge >= 0.3 is 5.51 Å². The molecule has 0 heterocycles. The summed E-state index contributed by atoms with van der Waals surface area (Å²) in [5.41, 5.74) is -4.79. The molecule has 0 aliphatic rings. The Morgan fingerprint density at radius 3 is 2.25 bits per heavy atom. The topological polar surface area (TPSA) is 55.4 Å². The third kappa shape index (κ3) is 4.53. The Kier molecular flexibility index (Phi) is 6.09. The highest BCUT2D eigenvalue weighted by molar-refractivity contribution is 7.92. The predicted octanol–water partition coefficient (Wildman–Crippen LogP) is 2.65. The van der Waals surface area contributed by atoms with Gasteiger partial charge in [0.05, 0.1) is 18.1 Å². The van der Waals surface area contributed by atoms with Gasteiger partial charge in [-0.15, -0.1) is 11.6 Å². The van der Waals surface area contributed by atoms with E-state index in [0.29, 0.717) is 31.3 Å². The van der Waals surface area contributed by atoms with E-state index in [2.05, 4.69) is 5.32 Å². The molecule has 0 bridgehead atoms. The van der Waals surface area contributed by atoms with E-state index in [1.54, 1.807) is 0 Å². The first-order valence-corrected chi connectivity index (χ1v) is 7.60. The Labute approximate surface area is 119 Å². The van der Waals surface area contributed by atoms with Crippen molar-refractivity contribution in [2.75, 3.05) is 31.0 Å². The second kappa shape index (κ2) is 7.14. The Morgan fingerprint density at radius 2 is 1.75 bits per heavy atom. The molecule has 0 aliphatic heterocycles. The van der Waals surface area contributed by atoms with E-state index < -0.39 is 20.2 Å². The van der Waals surface area contributed by atoms with Crippen molar-refractivity contribution in [2.45, 2.75) is 10.4 Å². The first kappa shape index (κ1) is 17.1. The van der Waals surface area contributed by atoms with Crippen LogP contribution in [0.4, 0.5) is 18.9 Å². The van der Waals surface area contributed by atoms with Gasteiger partial charge in [-0.2, -0.15) is 13.2 Å². The molecule has 1 aromatic rings. The summed E-state index contributed by atoms with van der Waals surface area (Å²) in [6.45, 7) is 1.23. The lowest BCUT2D eigenvalue weighted by atomic mass is 10.3. The molecule has 114 valence electrons. The predicted molar refractivity (Wildman–Crippen MR) is 69.7 cm³/mol. The Bertz CT molecular complexity index is 517. The first-order valence-electron chi connectivity index (χ1n) is 5.58. The van der Waals surface area contributed by atoms with Crippen molar-refractivity contribution in [3.8, 4) is 0 Å². The Morgan fingerprint density at radius 1 is 1.15 bits per heavy atom. The van der Waals surface area contributed by atoms with E-state index in [4.69, 9.17) is 16.3 Å². The van der Waals surface area contributed by atoms with Crippen molar-refractivity contribution in [1.29, 1.82) is 0 Å². The summed E-state index contributed by atoms with van der Waals surface area (Å²) in [7, 11) is -5.29. The molecule has 0 saturated heterocycles. The first-order chi connectivity index (χ1) is 9.29. The van der Waals surface area contributed by atoms with E-state index in [0.717, 1.165) is 12.1 Å². The molecule has 0 atom stereocenters. The molecule has 0 unspecified atom stereocenters. The molecule has 9 heteroatoms. The maximum atomic E-state index is 12.3. The number of alkyl halides is 4. The van der Waals surface area contributed by atoms with E-state index in [9.17, 15) is 21.6 Å². The normalized spacial score (nSPS) is 12.4. The van der Waals surface area contributed by atoms with Crippen LogP contribution in [0.25, 0.3) is 0 Å². The smallest absolute Gasteiger partial charge is 0.383 e. The van der Waals surface area contributed by atoms with E-state index in [-0.39, 0.29) is 0 Å². The van der Waals surface area contributed by atoms with Crippen LogP contribution in [0.15, 0.2) is 29.2 Å². The summed E-state index contributed by atoms with van der Waals surface area (Å²) in [4.78, 5) is -0.783. The number of anilines is 1. The minimum absolute atomic E-state index is 0.379. The molecule has 0 radical (unpaired) electrons. The van der Waals surface area contributed by atoms with Gasteiger partial charge in [-0.05, 0) is 24.3 Å². The Balaban J connectivity index is 2.61. The molecule has 0 spiro atoms. The average Bonchev–Trinajstić information content (AvgIpc) is 2.38. The lowest BCUT2D eigenvalue weighted by molar-refractivity contribution is -0.0436. The van der Waals surface area contributed by atoms with Gasteiger partial charge in [0.1, 0.15) is 0 Å². The van der Waals surface area contributed by atoms with Crippen molar-refractivity contribution >= 4 is 27.1 Å². The maximum absolute atomic E-state index is 12.3. The molecule has 20 heavy (non-hydrogen) atoms. The largest absolute Gasteiger partial charge is 0.501 e. The molecular weight excluding hydrogens is 319 g/mol. The number of halogens is 4. The van der Waals surface area contributed by atoms with Crippen LogP contribution in [0.3, 0.4) is 0 Å². The second-order valence-corrected chi connectivity index (χ2v) is 6.02. The van der Waals surface area contributed by atoms with Crippen molar-refractivity contribution in [1.82, 2.24) is 0 Å². The monoisotopic (exact) mass is 331 g/mol. The number of sulfone groups is 1. The van der Waals surface area contributed by atoms with Gasteiger partial charge in [0.2, 0.25) is 0 Å². The lowest BCUT2D eigenvalue weighted by Gasteiger charge is -2.10. The summed E-state index contributed by atoms with van der Waals surface area (Å²) in [6, 6.07) is 4.34. The molecule has 0 amide bonds. The molecule has 1 N–H and O–H groups in total. The van der Waals surface area contributed by atoms with Gasteiger partial charge in [0, 0.05) is 18.1 Å². The van der Waals surface area contributed by atoms with Gasteiger partial charge in [0.15, 0.2) is 0 Å². The number of rotatable bonds is 7. The van der Waals surface area contributed by atoms with Crippen LogP contribution in [0.5, 0.6) is 0 Å².